The lowest BCUT2D eigenvalue weighted by molar-refractivity contribution is 0.415. The summed E-state index contributed by atoms with van der Waals surface area (Å²) >= 11 is 0. The normalized spacial score (nSPS) is 11.2. The topological polar surface area (TPSA) is 55.7 Å². The summed E-state index contributed by atoms with van der Waals surface area (Å²) in [5.41, 5.74) is 5.04. The van der Waals surface area contributed by atoms with Crippen LogP contribution >= 0.6 is 0 Å². The minimum absolute atomic E-state index is 0.822. The fourth-order valence-corrected chi connectivity index (χ4v) is 2.35. The van der Waals surface area contributed by atoms with Crippen molar-refractivity contribution in [2.45, 2.75) is 13.8 Å². The van der Waals surface area contributed by atoms with Crippen LogP contribution in [0.3, 0.4) is 0 Å². The number of imidazole rings is 1. The van der Waals surface area contributed by atoms with Crippen LogP contribution in [0.4, 0.5) is 0 Å². The smallest absolute Gasteiger partial charge is 0.142 e. The van der Waals surface area contributed by atoms with Gasteiger partial charge in [0.1, 0.15) is 11.6 Å². The molecular formula is C14H16N4O. The fourth-order valence-electron chi connectivity index (χ4n) is 2.35. The Morgan fingerprint density at radius 2 is 2.05 bits per heavy atom. The van der Waals surface area contributed by atoms with Gasteiger partial charge in [0.15, 0.2) is 0 Å². The van der Waals surface area contributed by atoms with Crippen molar-refractivity contribution >= 4 is 11.0 Å². The molecule has 0 fully saturated rings. The number of aromatic nitrogens is 4. The number of nitrogens with one attached hydrogen (secondary N) is 1. The number of fused-ring (bicyclic) bond motifs is 1. The van der Waals surface area contributed by atoms with Crippen molar-refractivity contribution in [3.8, 4) is 17.1 Å². The van der Waals surface area contributed by atoms with E-state index in [-0.39, 0.29) is 0 Å². The Kier molecular flexibility index (Phi) is 2.55. The van der Waals surface area contributed by atoms with Crippen LogP contribution in [0.25, 0.3) is 22.4 Å². The maximum absolute atomic E-state index is 5.22. The number of H-pyrrole nitrogens is 1. The molecule has 98 valence electrons. The summed E-state index contributed by atoms with van der Waals surface area (Å²) in [5.74, 6) is 1.67. The zero-order valence-corrected chi connectivity index (χ0v) is 11.5. The molecule has 0 amide bonds. The van der Waals surface area contributed by atoms with E-state index in [9.17, 15) is 0 Å². The highest BCUT2D eigenvalue weighted by Crippen LogP contribution is 2.27. The summed E-state index contributed by atoms with van der Waals surface area (Å²) in [5, 5.41) is 4.42. The van der Waals surface area contributed by atoms with Crippen molar-refractivity contribution in [1.82, 2.24) is 19.7 Å². The Morgan fingerprint density at radius 1 is 1.26 bits per heavy atom. The minimum Gasteiger partial charge on any atom is -0.497 e. The SMILES string of the molecule is COc1ccc2nc(-c3c(C)nn(C)c3C)[nH]c2c1. The van der Waals surface area contributed by atoms with Crippen molar-refractivity contribution in [2.24, 2.45) is 7.05 Å². The molecule has 2 aromatic heterocycles. The van der Waals surface area contributed by atoms with E-state index in [2.05, 4.69) is 15.1 Å². The molecule has 3 rings (SSSR count). The van der Waals surface area contributed by atoms with E-state index in [0.717, 1.165) is 39.6 Å². The number of benzene rings is 1. The lowest BCUT2D eigenvalue weighted by atomic mass is 10.2. The number of nitrogens with zero attached hydrogens (tertiary/aromatic N) is 3. The summed E-state index contributed by atoms with van der Waals surface area (Å²) in [6.45, 7) is 4.04. The molecule has 0 radical (unpaired) electrons. The van der Waals surface area contributed by atoms with Gasteiger partial charge in [0, 0.05) is 18.8 Å². The second kappa shape index (κ2) is 4.12. The first-order chi connectivity index (χ1) is 9.10. The molecule has 0 spiro atoms. The third-order valence-electron chi connectivity index (χ3n) is 3.43. The molecule has 3 aromatic rings. The van der Waals surface area contributed by atoms with Crippen LogP contribution in [-0.4, -0.2) is 26.9 Å². The molecule has 0 aliphatic carbocycles. The third-order valence-corrected chi connectivity index (χ3v) is 3.43. The first kappa shape index (κ1) is 11.8. The molecular weight excluding hydrogens is 240 g/mol. The summed E-state index contributed by atoms with van der Waals surface area (Å²) in [6.07, 6.45) is 0. The number of methoxy groups -OCH3 is 1. The van der Waals surface area contributed by atoms with E-state index in [4.69, 9.17) is 4.74 Å². The van der Waals surface area contributed by atoms with Crippen molar-refractivity contribution in [2.75, 3.05) is 7.11 Å². The second-order valence-corrected chi connectivity index (χ2v) is 4.64. The molecule has 0 unspecified atom stereocenters. The second-order valence-electron chi connectivity index (χ2n) is 4.64. The minimum atomic E-state index is 0.822. The fraction of sp³-hybridized carbons (Fsp3) is 0.286. The van der Waals surface area contributed by atoms with Crippen molar-refractivity contribution in [1.29, 1.82) is 0 Å². The largest absolute Gasteiger partial charge is 0.497 e. The van der Waals surface area contributed by atoms with Crippen LogP contribution in [0.15, 0.2) is 18.2 Å². The summed E-state index contributed by atoms with van der Waals surface area (Å²) in [6, 6.07) is 5.82. The molecule has 0 aliphatic rings. The first-order valence-electron chi connectivity index (χ1n) is 6.14. The number of aromatic amines is 1. The third kappa shape index (κ3) is 1.78. The Balaban J connectivity index is 2.20. The summed E-state index contributed by atoms with van der Waals surface area (Å²) < 4.78 is 7.10. The zero-order valence-electron chi connectivity index (χ0n) is 11.5. The van der Waals surface area contributed by atoms with E-state index < -0.39 is 0 Å². The molecule has 1 aromatic carbocycles. The van der Waals surface area contributed by atoms with E-state index in [0.29, 0.717) is 0 Å². The Morgan fingerprint density at radius 3 is 2.68 bits per heavy atom. The van der Waals surface area contributed by atoms with Crippen molar-refractivity contribution in [3.05, 3.63) is 29.6 Å². The van der Waals surface area contributed by atoms with Gasteiger partial charge in [0.05, 0.1) is 29.4 Å². The van der Waals surface area contributed by atoms with Gasteiger partial charge in [-0.15, -0.1) is 0 Å². The lowest BCUT2D eigenvalue weighted by Gasteiger charge is -1.97. The monoisotopic (exact) mass is 256 g/mol. The van der Waals surface area contributed by atoms with Gasteiger partial charge < -0.3 is 9.72 Å². The number of rotatable bonds is 2. The molecule has 0 saturated heterocycles. The van der Waals surface area contributed by atoms with Gasteiger partial charge >= 0.3 is 0 Å². The highest BCUT2D eigenvalue weighted by Gasteiger charge is 2.15. The zero-order chi connectivity index (χ0) is 13.6. The van der Waals surface area contributed by atoms with Gasteiger partial charge in [-0.3, -0.25) is 4.68 Å². The van der Waals surface area contributed by atoms with Gasteiger partial charge in [0.25, 0.3) is 0 Å². The van der Waals surface area contributed by atoms with E-state index in [1.54, 1.807) is 7.11 Å². The maximum Gasteiger partial charge on any atom is 0.142 e. The molecule has 5 nitrogen and oxygen atoms in total. The number of hydrogen-bond donors (Lipinski definition) is 1. The molecule has 0 atom stereocenters. The maximum atomic E-state index is 5.22. The molecule has 2 heterocycles. The summed E-state index contributed by atoms with van der Waals surface area (Å²) in [7, 11) is 3.60. The van der Waals surface area contributed by atoms with Gasteiger partial charge in [0.2, 0.25) is 0 Å². The molecule has 0 bridgehead atoms. The van der Waals surface area contributed by atoms with Crippen LogP contribution in [0.5, 0.6) is 5.75 Å². The Labute approximate surface area is 111 Å². The van der Waals surface area contributed by atoms with Gasteiger partial charge in [-0.1, -0.05) is 0 Å². The van der Waals surface area contributed by atoms with Crippen LogP contribution in [0.1, 0.15) is 11.4 Å². The molecule has 19 heavy (non-hydrogen) atoms. The Hall–Kier alpha value is -2.30. The molecule has 0 aliphatic heterocycles. The predicted octanol–water partition coefficient (Wildman–Crippen LogP) is 2.59. The molecule has 0 saturated carbocycles. The average Bonchev–Trinajstić information content (AvgIpc) is 2.90. The van der Waals surface area contributed by atoms with Gasteiger partial charge in [-0.05, 0) is 26.0 Å². The van der Waals surface area contributed by atoms with Crippen molar-refractivity contribution in [3.63, 3.8) is 0 Å². The van der Waals surface area contributed by atoms with Crippen LogP contribution in [-0.2, 0) is 7.05 Å². The van der Waals surface area contributed by atoms with Crippen LogP contribution in [0.2, 0.25) is 0 Å². The highest BCUT2D eigenvalue weighted by atomic mass is 16.5. The number of aryl methyl sites for hydroxylation is 2. The lowest BCUT2D eigenvalue weighted by Crippen LogP contribution is -1.92. The number of ether oxygens (including phenoxy) is 1. The molecule has 5 heteroatoms. The van der Waals surface area contributed by atoms with Crippen LogP contribution < -0.4 is 4.74 Å². The quantitative estimate of drug-likeness (QED) is 0.766. The Bertz CT molecular complexity index is 754. The number of hydrogen-bond acceptors (Lipinski definition) is 3. The van der Waals surface area contributed by atoms with Gasteiger partial charge in [-0.25, -0.2) is 4.98 Å². The van der Waals surface area contributed by atoms with Crippen LogP contribution in [0, 0.1) is 13.8 Å². The highest BCUT2D eigenvalue weighted by molar-refractivity contribution is 5.81. The standard InChI is InChI=1S/C14H16N4O/c1-8-13(9(2)18(3)17-8)14-15-11-6-5-10(19-4)7-12(11)16-14/h5-7H,1-4H3,(H,15,16). The first-order valence-corrected chi connectivity index (χ1v) is 6.14. The average molecular weight is 256 g/mol. The molecule has 1 N–H and O–H groups in total. The summed E-state index contributed by atoms with van der Waals surface area (Å²) in [4.78, 5) is 7.97. The van der Waals surface area contributed by atoms with Gasteiger partial charge in [-0.2, -0.15) is 5.10 Å². The predicted molar refractivity (Wildman–Crippen MR) is 74.3 cm³/mol. The van der Waals surface area contributed by atoms with E-state index in [1.165, 1.54) is 0 Å². The van der Waals surface area contributed by atoms with E-state index >= 15 is 0 Å². The van der Waals surface area contributed by atoms with Crippen molar-refractivity contribution < 1.29 is 4.74 Å². The van der Waals surface area contributed by atoms with E-state index in [1.807, 2.05) is 43.8 Å².